The van der Waals surface area contributed by atoms with Gasteiger partial charge < -0.3 is 9.47 Å². The molecule has 0 amide bonds. The first-order chi connectivity index (χ1) is 22.5. The van der Waals surface area contributed by atoms with Gasteiger partial charge in [0, 0.05) is 12.0 Å². The third kappa shape index (κ3) is 15.7. The van der Waals surface area contributed by atoms with Crippen LogP contribution in [0.25, 0.3) is 11.6 Å². The lowest BCUT2D eigenvalue weighted by molar-refractivity contribution is -0.0944. The molecule has 3 nitrogen and oxygen atoms in total. The number of unbranched alkanes of at least 4 members (excludes halogenated alkanes) is 14. The molecule has 248 valence electrons. The number of rotatable bonds is 25. The SMILES string of the molecule is C=C(C)c1ccc(COC(CCCCCCCCCCCCCCCCC)Oc2ccc(C=CC(=O)c3ccccc3)cc2)cc1. The first-order valence-electron chi connectivity index (χ1n) is 18.0. The first-order valence-corrected chi connectivity index (χ1v) is 18.0. The van der Waals surface area contributed by atoms with E-state index in [9.17, 15) is 4.79 Å². The molecule has 0 radical (unpaired) electrons. The van der Waals surface area contributed by atoms with Gasteiger partial charge in [0.2, 0.25) is 0 Å². The smallest absolute Gasteiger partial charge is 0.200 e. The molecule has 3 heteroatoms. The molecule has 0 N–H and O–H groups in total. The van der Waals surface area contributed by atoms with Crippen LogP contribution < -0.4 is 4.74 Å². The van der Waals surface area contributed by atoms with Crippen LogP contribution in [0, 0.1) is 0 Å². The van der Waals surface area contributed by atoms with E-state index in [0.29, 0.717) is 12.2 Å². The molecular formula is C43H58O3. The van der Waals surface area contributed by atoms with Crippen molar-refractivity contribution in [2.45, 2.75) is 129 Å². The number of ether oxygens (including phenoxy) is 2. The third-order valence-corrected chi connectivity index (χ3v) is 8.56. The Kier molecular flexibility index (Phi) is 18.5. The number of benzene rings is 3. The quantitative estimate of drug-likeness (QED) is 0.0408. The first kappa shape index (κ1) is 37.0. The molecule has 0 aliphatic heterocycles. The fraction of sp³-hybridized carbons (Fsp3) is 0.465. The number of hydrogen-bond acceptors (Lipinski definition) is 3. The molecule has 0 heterocycles. The summed E-state index contributed by atoms with van der Waals surface area (Å²) in [7, 11) is 0. The largest absolute Gasteiger partial charge is 0.465 e. The van der Waals surface area contributed by atoms with Crippen LogP contribution in [-0.4, -0.2) is 12.1 Å². The zero-order chi connectivity index (χ0) is 32.7. The minimum absolute atomic E-state index is 0.00540. The summed E-state index contributed by atoms with van der Waals surface area (Å²) in [6.45, 7) is 8.84. The minimum Gasteiger partial charge on any atom is -0.465 e. The van der Waals surface area contributed by atoms with Gasteiger partial charge >= 0.3 is 0 Å². The van der Waals surface area contributed by atoms with Crippen molar-refractivity contribution >= 4 is 17.4 Å². The van der Waals surface area contributed by atoms with Gasteiger partial charge in [0.25, 0.3) is 0 Å². The maximum Gasteiger partial charge on any atom is 0.200 e. The summed E-state index contributed by atoms with van der Waals surface area (Å²) in [6, 6.07) is 25.6. The van der Waals surface area contributed by atoms with Crippen LogP contribution in [0.3, 0.4) is 0 Å². The van der Waals surface area contributed by atoms with Crippen molar-refractivity contribution in [3.63, 3.8) is 0 Å². The zero-order valence-corrected chi connectivity index (χ0v) is 28.7. The standard InChI is InChI=1S/C43H58O3/c1-4-5-6-7-8-9-10-11-12-13-14-15-16-17-21-24-43(45-35-38-25-30-39(31-26-38)36(2)3)46-41-32-27-37(28-33-41)29-34-42(44)40-22-19-18-20-23-40/h18-20,22-23,25-34,43H,2,4-17,21,24,35H2,1,3H3. The van der Waals surface area contributed by atoms with Gasteiger partial charge in [0.1, 0.15) is 5.75 Å². The normalized spacial score (nSPS) is 12.0. The third-order valence-electron chi connectivity index (χ3n) is 8.56. The molecule has 3 aromatic carbocycles. The number of hydrogen-bond donors (Lipinski definition) is 0. The molecule has 46 heavy (non-hydrogen) atoms. The molecule has 0 aliphatic carbocycles. The molecule has 0 aliphatic rings. The molecule has 1 atom stereocenters. The summed E-state index contributed by atoms with van der Waals surface area (Å²) in [5.74, 6) is 0.768. The van der Waals surface area contributed by atoms with Crippen LogP contribution in [-0.2, 0) is 11.3 Å². The van der Waals surface area contributed by atoms with Gasteiger partial charge in [-0.15, -0.1) is 0 Å². The van der Waals surface area contributed by atoms with Crippen molar-refractivity contribution in [2.75, 3.05) is 0 Å². The molecule has 3 rings (SSSR count). The lowest BCUT2D eigenvalue weighted by Crippen LogP contribution is -2.20. The maximum absolute atomic E-state index is 12.4. The van der Waals surface area contributed by atoms with Crippen LogP contribution in [0.15, 0.2) is 91.5 Å². The molecule has 0 saturated carbocycles. The number of carbonyl (C=O) groups is 1. The van der Waals surface area contributed by atoms with Crippen LogP contribution in [0.2, 0.25) is 0 Å². The molecule has 1 unspecified atom stereocenters. The van der Waals surface area contributed by atoms with E-state index in [1.165, 1.54) is 89.9 Å². The predicted octanol–water partition coefficient (Wildman–Crippen LogP) is 12.8. The van der Waals surface area contributed by atoms with Crippen molar-refractivity contribution in [3.05, 3.63) is 114 Å². The second-order valence-corrected chi connectivity index (χ2v) is 12.7. The summed E-state index contributed by atoms with van der Waals surface area (Å²) in [6.07, 6.45) is 24.3. The number of allylic oxidation sites excluding steroid dienone is 2. The fourth-order valence-corrected chi connectivity index (χ4v) is 5.61. The van der Waals surface area contributed by atoms with Gasteiger partial charge in [0.15, 0.2) is 12.1 Å². The highest BCUT2D eigenvalue weighted by Gasteiger charge is 2.12. The lowest BCUT2D eigenvalue weighted by atomic mass is 10.0. The highest BCUT2D eigenvalue weighted by Crippen LogP contribution is 2.21. The Hall–Kier alpha value is -3.43. The fourth-order valence-electron chi connectivity index (χ4n) is 5.61. The summed E-state index contributed by atoms with van der Waals surface area (Å²) >= 11 is 0. The van der Waals surface area contributed by atoms with E-state index in [-0.39, 0.29) is 12.1 Å². The summed E-state index contributed by atoms with van der Waals surface area (Å²) in [5.41, 5.74) is 4.97. The lowest BCUT2D eigenvalue weighted by Gasteiger charge is -2.20. The summed E-state index contributed by atoms with van der Waals surface area (Å²) in [4.78, 5) is 12.4. The summed E-state index contributed by atoms with van der Waals surface area (Å²) < 4.78 is 12.6. The van der Waals surface area contributed by atoms with Gasteiger partial charge in [0.05, 0.1) is 6.61 Å². The molecular weight excluding hydrogens is 564 g/mol. The van der Waals surface area contributed by atoms with Gasteiger partial charge in [-0.3, -0.25) is 4.79 Å². The maximum atomic E-state index is 12.4. The molecule has 3 aromatic rings. The van der Waals surface area contributed by atoms with Crippen molar-refractivity contribution < 1.29 is 14.3 Å². The number of carbonyl (C=O) groups excluding carboxylic acids is 1. The Bertz CT molecular complexity index is 1260. The second-order valence-electron chi connectivity index (χ2n) is 12.7. The van der Waals surface area contributed by atoms with Gasteiger partial charge in [-0.1, -0.05) is 182 Å². The van der Waals surface area contributed by atoms with Gasteiger partial charge in [-0.2, -0.15) is 0 Å². The van der Waals surface area contributed by atoms with E-state index in [0.717, 1.165) is 40.9 Å². The topological polar surface area (TPSA) is 35.5 Å². The molecule has 0 spiro atoms. The zero-order valence-electron chi connectivity index (χ0n) is 28.7. The average Bonchev–Trinajstić information content (AvgIpc) is 3.08. The van der Waals surface area contributed by atoms with Gasteiger partial charge in [-0.05, 0) is 48.2 Å². The Morgan fingerprint density at radius 2 is 1.22 bits per heavy atom. The minimum atomic E-state index is -0.316. The van der Waals surface area contributed by atoms with Crippen LogP contribution >= 0.6 is 0 Å². The number of ketones is 1. The van der Waals surface area contributed by atoms with Crippen molar-refractivity contribution in [1.29, 1.82) is 0 Å². The highest BCUT2D eigenvalue weighted by molar-refractivity contribution is 6.06. The Morgan fingerprint density at radius 3 is 1.76 bits per heavy atom. The van der Waals surface area contributed by atoms with Crippen LogP contribution in [0.5, 0.6) is 5.75 Å². The monoisotopic (exact) mass is 622 g/mol. The summed E-state index contributed by atoms with van der Waals surface area (Å²) in [5, 5.41) is 0. The van der Waals surface area contributed by atoms with E-state index in [2.05, 4.69) is 37.8 Å². The molecule has 0 aromatic heterocycles. The van der Waals surface area contributed by atoms with E-state index < -0.39 is 0 Å². The Balaban J connectivity index is 1.40. The van der Waals surface area contributed by atoms with Crippen molar-refractivity contribution in [2.24, 2.45) is 0 Å². The predicted molar refractivity (Wildman–Crippen MR) is 196 cm³/mol. The van der Waals surface area contributed by atoms with Gasteiger partial charge in [-0.25, -0.2) is 0 Å². The van der Waals surface area contributed by atoms with Crippen molar-refractivity contribution in [3.8, 4) is 5.75 Å². The molecule has 0 fully saturated rings. The average molecular weight is 623 g/mol. The van der Waals surface area contributed by atoms with E-state index in [1.807, 2.05) is 67.6 Å². The van der Waals surface area contributed by atoms with E-state index in [4.69, 9.17) is 9.47 Å². The van der Waals surface area contributed by atoms with Crippen LogP contribution in [0.1, 0.15) is 144 Å². The van der Waals surface area contributed by atoms with Crippen LogP contribution in [0.4, 0.5) is 0 Å². The second kappa shape index (κ2) is 23.0. The van der Waals surface area contributed by atoms with E-state index >= 15 is 0 Å². The van der Waals surface area contributed by atoms with E-state index in [1.54, 1.807) is 6.08 Å². The highest BCUT2D eigenvalue weighted by atomic mass is 16.7. The molecule has 0 saturated heterocycles. The Labute approximate surface area is 280 Å². The Morgan fingerprint density at radius 1 is 0.674 bits per heavy atom. The molecule has 0 bridgehead atoms. The van der Waals surface area contributed by atoms with Crippen molar-refractivity contribution in [1.82, 2.24) is 0 Å².